The Balaban J connectivity index is 1.62. The predicted molar refractivity (Wildman–Crippen MR) is 122 cm³/mol. The lowest BCUT2D eigenvalue weighted by atomic mass is 9.68. The van der Waals surface area contributed by atoms with E-state index in [1.54, 1.807) is 19.2 Å². The smallest absolute Gasteiger partial charge is 0.255 e. The van der Waals surface area contributed by atoms with Crippen LogP contribution in [0.3, 0.4) is 0 Å². The number of fused-ring (bicyclic) bond motifs is 1. The number of carbonyl (C=O) groups excluding carboxylic acids is 1. The summed E-state index contributed by atoms with van der Waals surface area (Å²) in [6.45, 7) is 0.531. The van der Waals surface area contributed by atoms with Gasteiger partial charge in [-0.2, -0.15) is 0 Å². The molecule has 1 heterocycles. The summed E-state index contributed by atoms with van der Waals surface area (Å²) in [6, 6.07) is 17.7. The van der Waals surface area contributed by atoms with Gasteiger partial charge in [0.15, 0.2) is 0 Å². The molecule has 1 aliphatic carbocycles. The van der Waals surface area contributed by atoms with Gasteiger partial charge >= 0.3 is 0 Å². The van der Waals surface area contributed by atoms with Crippen LogP contribution in [0.5, 0.6) is 5.75 Å². The Bertz CT molecular complexity index is 1070. The maximum Gasteiger partial charge on any atom is 0.255 e. The Hall–Kier alpha value is -3.41. The number of anilines is 1. The predicted octanol–water partition coefficient (Wildman–Crippen LogP) is 3.41. The molecule has 4 rings (SSSR count). The molecular weight excluding hydrogens is 388 g/mol. The first-order valence-electron chi connectivity index (χ1n) is 10.5. The maximum atomic E-state index is 13.0. The number of nitrogens with one attached hydrogen (secondary N) is 1. The van der Waals surface area contributed by atoms with Crippen LogP contribution in [0.2, 0.25) is 0 Å². The minimum absolute atomic E-state index is 0.127. The van der Waals surface area contributed by atoms with Crippen molar-refractivity contribution in [3.63, 3.8) is 0 Å². The van der Waals surface area contributed by atoms with Gasteiger partial charge in [-0.25, -0.2) is 9.97 Å². The van der Waals surface area contributed by atoms with Crippen molar-refractivity contribution in [1.82, 2.24) is 15.3 Å². The van der Waals surface area contributed by atoms with Gasteiger partial charge in [0.05, 0.1) is 12.7 Å². The second kappa shape index (κ2) is 8.76. The molecule has 1 unspecified atom stereocenters. The summed E-state index contributed by atoms with van der Waals surface area (Å²) in [5.41, 5.74) is 3.80. The monoisotopic (exact) mass is 416 g/mol. The third-order valence-electron chi connectivity index (χ3n) is 6.04. The average Bonchev–Trinajstić information content (AvgIpc) is 2.82. The summed E-state index contributed by atoms with van der Waals surface area (Å²) >= 11 is 0. The van der Waals surface area contributed by atoms with Crippen LogP contribution in [-0.2, 0) is 18.3 Å². The Morgan fingerprint density at radius 2 is 1.87 bits per heavy atom. The van der Waals surface area contributed by atoms with Gasteiger partial charge < -0.3 is 15.0 Å². The first kappa shape index (κ1) is 20.8. The van der Waals surface area contributed by atoms with E-state index in [4.69, 9.17) is 9.72 Å². The molecule has 0 radical (unpaired) electrons. The molecule has 6 heteroatoms. The third-order valence-corrected chi connectivity index (χ3v) is 6.04. The molecule has 0 fully saturated rings. The van der Waals surface area contributed by atoms with Gasteiger partial charge in [-0.1, -0.05) is 42.5 Å². The topological polar surface area (TPSA) is 67.3 Å². The van der Waals surface area contributed by atoms with Crippen molar-refractivity contribution < 1.29 is 9.53 Å². The molecule has 2 aromatic carbocycles. The second-order valence-electron chi connectivity index (χ2n) is 8.24. The summed E-state index contributed by atoms with van der Waals surface area (Å²) in [5, 5.41) is 3.18. The molecule has 1 amide bonds. The van der Waals surface area contributed by atoms with Gasteiger partial charge in [-0.3, -0.25) is 4.79 Å². The lowest BCUT2D eigenvalue weighted by Crippen LogP contribution is -2.45. The van der Waals surface area contributed by atoms with Crippen LogP contribution in [0.4, 0.5) is 5.95 Å². The number of carbonyl (C=O) groups is 1. The van der Waals surface area contributed by atoms with Crippen LogP contribution in [0.15, 0.2) is 60.8 Å². The van der Waals surface area contributed by atoms with Crippen LogP contribution >= 0.6 is 0 Å². The van der Waals surface area contributed by atoms with Crippen LogP contribution in [0.1, 0.15) is 33.6 Å². The van der Waals surface area contributed by atoms with Gasteiger partial charge in [0, 0.05) is 37.9 Å². The molecule has 0 bridgehead atoms. The number of benzene rings is 2. The van der Waals surface area contributed by atoms with E-state index in [1.807, 2.05) is 43.4 Å². The fourth-order valence-electron chi connectivity index (χ4n) is 4.29. The van der Waals surface area contributed by atoms with Gasteiger partial charge in [0.2, 0.25) is 5.95 Å². The SMILES string of the molecule is COc1ccccc1C(=O)NCC1(c2ccccc2)CCc2nc(N(C)C)ncc2C1. The number of ether oxygens (including phenoxy) is 1. The summed E-state index contributed by atoms with van der Waals surface area (Å²) < 4.78 is 5.36. The average molecular weight is 417 g/mol. The molecule has 1 aromatic heterocycles. The number of nitrogens with zero attached hydrogens (tertiary/aromatic N) is 3. The van der Waals surface area contributed by atoms with Gasteiger partial charge in [-0.15, -0.1) is 0 Å². The minimum Gasteiger partial charge on any atom is -0.496 e. The molecule has 31 heavy (non-hydrogen) atoms. The van der Waals surface area contributed by atoms with E-state index in [0.717, 1.165) is 36.5 Å². The molecular formula is C25H28N4O2. The Morgan fingerprint density at radius 1 is 1.13 bits per heavy atom. The van der Waals surface area contributed by atoms with Crippen LogP contribution in [0, 0.1) is 0 Å². The molecule has 1 atom stereocenters. The minimum atomic E-state index is -0.213. The lowest BCUT2D eigenvalue weighted by Gasteiger charge is -2.38. The quantitative estimate of drug-likeness (QED) is 0.667. The Kier molecular flexibility index (Phi) is 5.89. The van der Waals surface area contributed by atoms with Crippen molar-refractivity contribution in [1.29, 1.82) is 0 Å². The van der Waals surface area contributed by atoms with E-state index in [9.17, 15) is 4.79 Å². The Labute approximate surface area is 183 Å². The fourth-order valence-corrected chi connectivity index (χ4v) is 4.29. The van der Waals surface area contributed by atoms with Gasteiger partial charge in [-0.05, 0) is 42.5 Å². The molecule has 0 spiro atoms. The molecule has 0 saturated carbocycles. The second-order valence-corrected chi connectivity index (χ2v) is 8.24. The summed E-state index contributed by atoms with van der Waals surface area (Å²) in [7, 11) is 5.48. The number of aromatic nitrogens is 2. The zero-order chi connectivity index (χ0) is 21.8. The molecule has 1 aliphatic rings. The summed E-state index contributed by atoms with van der Waals surface area (Å²) in [6.07, 6.45) is 4.47. The van der Waals surface area contributed by atoms with E-state index < -0.39 is 0 Å². The largest absolute Gasteiger partial charge is 0.496 e. The highest BCUT2D eigenvalue weighted by Gasteiger charge is 2.37. The van der Waals surface area contributed by atoms with Crippen molar-refractivity contribution in [2.24, 2.45) is 0 Å². The van der Waals surface area contributed by atoms with Crippen molar-refractivity contribution in [3.05, 3.63) is 83.2 Å². The molecule has 0 aliphatic heterocycles. The molecule has 0 saturated heterocycles. The molecule has 6 nitrogen and oxygen atoms in total. The number of rotatable bonds is 6. The number of methoxy groups -OCH3 is 1. The van der Waals surface area contributed by atoms with Crippen molar-refractivity contribution >= 4 is 11.9 Å². The highest BCUT2D eigenvalue weighted by Crippen LogP contribution is 2.38. The summed E-state index contributed by atoms with van der Waals surface area (Å²) in [5.74, 6) is 1.18. The Morgan fingerprint density at radius 3 is 2.61 bits per heavy atom. The highest BCUT2D eigenvalue weighted by atomic mass is 16.5. The van der Waals surface area contributed by atoms with Gasteiger partial charge in [0.25, 0.3) is 5.91 Å². The van der Waals surface area contributed by atoms with E-state index in [-0.39, 0.29) is 11.3 Å². The standard InChI is InChI=1S/C25H28N4O2/c1-29(2)24-26-16-18-15-25(14-13-21(18)28-24,19-9-5-4-6-10-19)17-27-23(30)20-11-7-8-12-22(20)31-3/h4-12,16H,13-15,17H2,1-3H3,(H,27,30). The summed E-state index contributed by atoms with van der Waals surface area (Å²) in [4.78, 5) is 24.2. The number of aryl methyl sites for hydroxylation is 1. The molecule has 1 N–H and O–H groups in total. The number of hydrogen-bond donors (Lipinski definition) is 1. The highest BCUT2D eigenvalue weighted by molar-refractivity contribution is 5.97. The van der Waals surface area contributed by atoms with Crippen LogP contribution in [0.25, 0.3) is 0 Å². The van der Waals surface area contributed by atoms with E-state index in [1.165, 1.54) is 5.56 Å². The number of para-hydroxylation sites is 1. The van der Waals surface area contributed by atoms with Crippen LogP contribution in [-0.4, -0.2) is 43.6 Å². The van der Waals surface area contributed by atoms with E-state index in [0.29, 0.717) is 17.9 Å². The third kappa shape index (κ3) is 4.24. The zero-order valence-corrected chi connectivity index (χ0v) is 18.3. The van der Waals surface area contributed by atoms with E-state index in [2.05, 4.69) is 34.6 Å². The zero-order valence-electron chi connectivity index (χ0n) is 18.3. The first-order valence-corrected chi connectivity index (χ1v) is 10.5. The molecule has 3 aromatic rings. The van der Waals surface area contributed by atoms with Crippen LogP contribution < -0.4 is 15.0 Å². The first-order chi connectivity index (χ1) is 15.0. The normalized spacial score (nSPS) is 17.5. The molecule has 160 valence electrons. The fraction of sp³-hybridized carbons (Fsp3) is 0.320. The van der Waals surface area contributed by atoms with Crippen molar-refractivity contribution in [2.75, 3.05) is 32.6 Å². The van der Waals surface area contributed by atoms with Crippen molar-refractivity contribution in [3.8, 4) is 5.75 Å². The van der Waals surface area contributed by atoms with Crippen molar-refractivity contribution in [2.45, 2.75) is 24.7 Å². The lowest BCUT2D eigenvalue weighted by molar-refractivity contribution is 0.0937. The van der Waals surface area contributed by atoms with E-state index >= 15 is 0 Å². The number of amides is 1. The van der Waals surface area contributed by atoms with Gasteiger partial charge in [0.1, 0.15) is 5.75 Å². The number of hydrogen-bond acceptors (Lipinski definition) is 5. The maximum absolute atomic E-state index is 13.0.